The van der Waals surface area contributed by atoms with Crippen molar-refractivity contribution in [3.63, 3.8) is 0 Å². The topological polar surface area (TPSA) is 25.4 Å². The zero-order chi connectivity index (χ0) is 13.2. The normalized spacial score (nSPS) is 13.6. The summed E-state index contributed by atoms with van der Waals surface area (Å²) in [5.41, 5.74) is 2.42. The standard InChI is InChI=1S/C15H15BrN2O/c1-18(15-7-4-12(16)10-17-15)13-5-6-14-11(9-13)3-2-8-19-14/h4-7,9-10H,2-3,8H2,1H3. The fourth-order valence-corrected chi connectivity index (χ4v) is 2.49. The molecule has 19 heavy (non-hydrogen) atoms. The summed E-state index contributed by atoms with van der Waals surface area (Å²) in [6, 6.07) is 10.3. The second-order valence-corrected chi connectivity index (χ2v) is 5.55. The van der Waals surface area contributed by atoms with Crippen molar-refractivity contribution in [2.24, 2.45) is 0 Å². The maximum atomic E-state index is 5.64. The number of halogens is 1. The maximum Gasteiger partial charge on any atom is 0.132 e. The molecule has 2 heterocycles. The van der Waals surface area contributed by atoms with Gasteiger partial charge in [-0.3, -0.25) is 0 Å². The van der Waals surface area contributed by atoms with Crippen LogP contribution in [0, 0.1) is 0 Å². The van der Waals surface area contributed by atoms with E-state index in [2.05, 4.69) is 44.0 Å². The Labute approximate surface area is 121 Å². The van der Waals surface area contributed by atoms with Gasteiger partial charge in [0, 0.05) is 23.4 Å². The number of aryl methyl sites for hydroxylation is 1. The summed E-state index contributed by atoms with van der Waals surface area (Å²) in [6.45, 7) is 0.830. The predicted molar refractivity (Wildman–Crippen MR) is 80.3 cm³/mol. The van der Waals surface area contributed by atoms with Gasteiger partial charge < -0.3 is 9.64 Å². The highest BCUT2D eigenvalue weighted by Crippen LogP contribution is 2.31. The Morgan fingerprint density at radius 3 is 2.95 bits per heavy atom. The van der Waals surface area contributed by atoms with Crippen molar-refractivity contribution in [2.75, 3.05) is 18.6 Å². The van der Waals surface area contributed by atoms with Gasteiger partial charge in [0.25, 0.3) is 0 Å². The Balaban J connectivity index is 1.91. The molecule has 1 aliphatic heterocycles. The lowest BCUT2D eigenvalue weighted by atomic mass is 10.1. The van der Waals surface area contributed by atoms with E-state index in [9.17, 15) is 0 Å². The second kappa shape index (κ2) is 5.21. The second-order valence-electron chi connectivity index (χ2n) is 4.64. The smallest absolute Gasteiger partial charge is 0.132 e. The Morgan fingerprint density at radius 2 is 2.16 bits per heavy atom. The van der Waals surface area contributed by atoms with Crippen molar-refractivity contribution in [1.29, 1.82) is 0 Å². The van der Waals surface area contributed by atoms with Crippen LogP contribution in [-0.2, 0) is 6.42 Å². The SMILES string of the molecule is CN(c1ccc2c(c1)CCCO2)c1ccc(Br)cn1. The van der Waals surface area contributed by atoms with Gasteiger partial charge in [0.05, 0.1) is 6.61 Å². The van der Waals surface area contributed by atoms with Gasteiger partial charge in [0.1, 0.15) is 11.6 Å². The van der Waals surface area contributed by atoms with E-state index < -0.39 is 0 Å². The van der Waals surface area contributed by atoms with E-state index in [1.807, 2.05) is 25.4 Å². The number of hydrogen-bond acceptors (Lipinski definition) is 3. The lowest BCUT2D eigenvalue weighted by Crippen LogP contribution is -2.13. The zero-order valence-corrected chi connectivity index (χ0v) is 12.4. The monoisotopic (exact) mass is 318 g/mol. The fourth-order valence-electron chi connectivity index (χ4n) is 2.25. The molecule has 0 N–H and O–H groups in total. The van der Waals surface area contributed by atoms with Crippen LogP contribution in [0.5, 0.6) is 5.75 Å². The number of anilines is 2. The summed E-state index contributed by atoms with van der Waals surface area (Å²) in [4.78, 5) is 6.50. The van der Waals surface area contributed by atoms with Crippen molar-refractivity contribution in [3.8, 4) is 5.75 Å². The van der Waals surface area contributed by atoms with Gasteiger partial charge in [-0.05, 0) is 64.7 Å². The molecule has 0 saturated carbocycles. The first kappa shape index (κ1) is 12.5. The van der Waals surface area contributed by atoms with E-state index in [1.165, 1.54) is 5.56 Å². The molecule has 0 amide bonds. The molecule has 0 spiro atoms. The van der Waals surface area contributed by atoms with Crippen LogP contribution in [0.1, 0.15) is 12.0 Å². The summed E-state index contributed by atoms with van der Waals surface area (Å²) in [7, 11) is 2.03. The quantitative estimate of drug-likeness (QED) is 0.838. The highest BCUT2D eigenvalue weighted by Gasteiger charge is 2.13. The molecule has 0 unspecified atom stereocenters. The van der Waals surface area contributed by atoms with E-state index in [4.69, 9.17) is 4.74 Å². The first-order valence-corrected chi connectivity index (χ1v) is 7.14. The van der Waals surface area contributed by atoms with Crippen LogP contribution in [0.2, 0.25) is 0 Å². The van der Waals surface area contributed by atoms with Crippen LogP contribution in [0.4, 0.5) is 11.5 Å². The van der Waals surface area contributed by atoms with Crippen molar-refractivity contribution in [2.45, 2.75) is 12.8 Å². The molecule has 3 nitrogen and oxygen atoms in total. The summed E-state index contributed by atoms with van der Waals surface area (Å²) in [5, 5.41) is 0. The number of pyridine rings is 1. The van der Waals surface area contributed by atoms with Crippen LogP contribution >= 0.6 is 15.9 Å². The third-order valence-electron chi connectivity index (χ3n) is 3.33. The van der Waals surface area contributed by atoms with Gasteiger partial charge in [-0.2, -0.15) is 0 Å². The number of ether oxygens (including phenoxy) is 1. The molecule has 0 atom stereocenters. The van der Waals surface area contributed by atoms with Crippen molar-refractivity contribution >= 4 is 27.4 Å². The summed E-state index contributed by atoms with van der Waals surface area (Å²) < 4.78 is 6.63. The molecular weight excluding hydrogens is 304 g/mol. The molecule has 0 fully saturated rings. The number of benzene rings is 1. The van der Waals surface area contributed by atoms with Crippen molar-refractivity contribution in [3.05, 3.63) is 46.6 Å². The third kappa shape index (κ3) is 2.59. The molecule has 0 aliphatic carbocycles. The molecule has 1 aromatic heterocycles. The highest BCUT2D eigenvalue weighted by molar-refractivity contribution is 9.10. The van der Waals surface area contributed by atoms with Gasteiger partial charge in [-0.25, -0.2) is 4.98 Å². The average molecular weight is 319 g/mol. The molecule has 0 saturated heterocycles. The minimum Gasteiger partial charge on any atom is -0.493 e. The first-order valence-electron chi connectivity index (χ1n) is 6.35. The number of nitrogens with zero attached hydrogens (tertiary/aromatic N) is 2. The minimum absolute atomic E-state index is 0.830. The first-order chi connectivity index (χ1) is 9.24. The van der Waals surface area contributed by atoms with Crippen LogP contribution in [0.15, 0.2) is 41.0 Å². The molecule has 98 valence electrons. The van der Waals surface area contributed by atoms with Gasteiger partial charge >= 0.3 is 0 Å². The van der Waals surface area contributed by atoms with E-state index >= 15 is 0 Å². The van der Waals surface area contributed by atoms with Crippen LogP contribution in [-0.4, -0.2) is 18.6 Å². The third-order valence-corrected chi connectivity index (χ3v) is 3.80. The minimum atomic E-state index is 0.830. The number of aromatic nitrogens is 1. The number of rotatable bonds is 2. The van der Waals surface area contributed by atoms with Gasteiger partial charge in [0.2, 0.25) is 0 Å². The number of hydrogen-bond donors (Lipinski definition) is 0. The highest BCUT2D eigenvalue weighted by atomic mass is 79.9. The molecule has 0 bridgehead atoms. The van der Waals surface area contributed by atoms with Crippen molar-refractivity contribution < 1.29 is 4.74 Å². The van der Waals surface area contributed by atoms with Gasteiger partial charge in [-0.1, -0.05) is 0 Å². The molecule has 1 aliphatic rings. The lowest BCUT2D eigenvalue weighted by Gasteiger charge is -2.22. The Hall–Kier alpha value is -1.55. The fraction of sp³-hybridized carbons (Fsp3) is 0.267. The van der Waals surface area contributed by atoms with Crippen LogP contribution < -0.4 is 9.64 Å². The molecule has 2 aromatic rings. The Kier molecular flexibility index (Phi) is 3.42. The maximum absolute atomic E-state index is 5.64. The lowest BCUT2D eigenvalue weighted by molar-refractivity contribution is 0.288. The molecule has 1 aromatic carbocycles. The summed E-state index contributed by atoms with van der Waals surface area (Å²) >= 11 is 3.40. The molecular formula is C15H15BrN2O. The predicted octanol–water partition coefficient (Wildman–Crippen LogP) is 3.94. The molecule has 4 heteroatoms. The van der Waals surface area contributed by atoms with Gasteiger partial charge in [-0.15, -0.1) is 0 Å². The summed E-state index contributed by atoms with van der Waals surface area (Å²) in [5.74, 6) is 1.95. The Bertz CT molecular complexity index is 583. The summed E-state index contributed by atoms with van der Waals surface area (Å²) in [6.07, 6.45) is 3.99. The van der Waals surface area contributed by atoms with Crippen LogP contribution in [0.25, 0.3) is 0 Å². The Morgan fingerprint density at radius 1 is 1.26 bits per heavy atom. The average Bonchev–Trinajstić information content (AvgIpc) is 2.47. The van der Waals surface area contributed by atoms with E-state index in [0.29, 0.717) is 0 Å². The van der Waals surface area contributed by atoms with Crippen molar-refractivity contribution in [1.82, 2.24) is 4.98 Å². The largest absolute Gasteiger partial charge is 0.493 e. The number of fused-ring (bicyclic) bond motifs is 1. The molecule has 3 rings (SSSR count). The van der Waals surface area contributed by atoms with E-state index in [-0.39, 0.29) is 0 Å². The van der Waals surface area contributed by atoms with E-state index in [0.717, 1.165) is 41.2 Å². The zero-order valence-electron chi connectivity index (χ0n) is 10.8. The molecule has 0 radical (unpaired) electrons. The van der Waals surface area contributed by atoms with Gasteiger partial charge in [0.15, 0.2) is 0 Å². The van der Waals surface area contributed by atoms with Crippen LogP contribution in [0.3, 0.4) is 0 Å². The van der Waals surface area contributed by atoms with E-state index in [1.54, 1.807) is 0 Å².